The van der Waals surface area contributed by atoms with Crippen LogP contribution in [0.5, 0.6) is 0 Å². The van der Waals surface area contributed by atoms with E-state index in [0.29, 0.717) is 13.0 Å². The van der Waals surface area contributed by atoms with Crippen molar-refractivity contribution in [2.75, 3.05) is 26.4 Å². The third kappa shape index (κ3) is 14.4. The standard InChI is InChI=1S/C27H44NO6P/c1-23(14-15-26-25(3)13-10-17-27(26,4)5)11-9-12-24(2)16-18-28-32-20-7-6-8-21-33-35(30,31)34-22-19-29/h9,11-12,14-16,18,29H,6-8,10,13,17,19-22H2,1-5H3,(H,30,31). The molecule has 0 aromatic rings. The molecule has 1 unspecified atom stereocenters. The van der Waals surface area contributed by atoms with Crippen LogP contribution in [0.3, 0.4) is 0 Å². The lowest BCUT2D eigenvalue weighted by Crippen LogP contribution is -2.19. The van der Waals surface area contributed by atoms with Crippen molar-refractivity contribution in [2.45, 2.75) is 73.1 Å². The van der Waals surface area contributed by atoms with Crippen LogP contribution in [-0.4, -0.2) is 42.6 Å². The second kappa shape index (κ2) is 16.8. The van der Waals surface area contributed by atoms with Crippen molar-refractivity contribution >= 4 is 14.0 Å². The smallest absolute Gasteiger partial charge is 0.396 e. The van der Waals surface area contributed by atoms with Gasteiger partial charge in [-0.1, -0.05) is 60.5 Å². The molecule has 1 aliphatic rings. The second-order valence-electron chi connectivity index (χ2n) is 9.45. The number of phosphoric acid groups is 1. The van der Waals surface area contributed by atoms with Crippen LogP contribution in [-0.2, 0) is 18.5 Å². The average Bonchev–Trinajstić information content (AvgIpc) is 2.78. The molecule has 1 rings (SSSR count). The van der Waals surface area contributed by atoms with Gasteiger partial charge in [-0.3, -0.25) is 9.05 Å². The third-order valence-electron chi connectivity index (χ3n) is 5.73. The Morgan fingerprint density at radius 1 is 1.06 bits per heavy atom. The van der Waals surface area contributed by atoms with Gasteiger partial charge in [0.15, 0.2) is 0 Å². The van der Waals surface area contributed by atoms with Gasteiger partial charge in [0.25, 0.3) is 0 Å². The highest BCUT2D eigenvalue weighted by atomic mass is 31.2. The number of allylic oxidation sites excluding steroid dienone is 10. The molecule has 7 nitrogen and oxygen atoms in total. The van der Waals surface area contributed by atoms with Gasteiger partial charge in [0, 0.05) is 0 Å². The second-order valence-corrected chi connectivity index (χ2v) is 10.9. The first kappa shape index (κ1) is 31.3. The number of phosphoric ester groups is 1. The Labute approximate surface area is 211 Å². The SMILES string of the molecule is CC(C=CC1=C(C)CCCC1(C)C)=CC=CC(C)=CC=NOCCCCCOP(=O)(O)OCCO. The molecule has 2 N–H and O–H groups in total. The fourth-order valence-corrected chi connectivity index (χ4v) is 4.50. The maximum Gasteiger partial charge on any atom is 0.472 e. The molecule has 0 fully saturated rings. The van der Waals surface area contributed by atoms with Gasteiger partial charge < -0.3 is 14.8 Å². The Hall–Kier alpha value is -1.76. The van der Waals surface area contributed by atoms with Gasteiger partial charge in [0.2, 0.25) is 0 Å². The number of unbranched alkanes of at least 4 members (excludes halogenated alkanes) is 2. The molecule has 0 spiro atoms. The van der Waals surface area contributed by atoms with Crippen molar-refractivity contribution < 1.29 is 28.5 Å². The zero-order chi connectivity index (χ0) is 26.2. The first-order chi connectivity index (χ1) is 16.6. The Morgan fingerprint density at radius 3 is 2.46 bits per heavy atom. The van der Waals surface area contributed by atoms with Gasteiger partial charge in [-0.2, -0.15) is 0 Å². The summed E-state index contributed by atoms with van der Waals surface area (Å²) in [6.07, 6.45) is 20.0. The summed E-state index contributed by atoms with van der Waals surface area (Å²) in [4.78, 5) is 14.5. The normalized spacial score (nSPS) is 19.3. The molecule has 8 heteroatoms. The lowest BCUT2D eigenvalue weighted by atomic mass is 9.72. The van der Waals surface area contributed by atoms with E-state index in [-0.39, 0.29) is 25.2 Å². The van der Waals surface area contributed by atoms with Crippen LogP contribution in [0, 0.1) is 5.41 Å². The van der Waals surface area contributed by atoms with Crippen molar-refractivity contribution in [3.63, 3.8) is 0 Å². The largest absolute Gasteiger partial charge is 0.472 e. The summed E-state index contributed by atoms with van der Waals surface area (Å²) in [7, 11) is -4.06. The number of aliphatic hydroxyl groups excluding tert-OH is 1. The molecule has 198 valence electrons. The Balaban J connectivity index is 2.28. The first-order valence-electron chi connectivity index (χ1n) is 12.4. The van der Waals surface area contributed by atoms with Crippen LogP contribution < -0.4 is 0 Å². The summed E-state index contributed by atoms with van der Waals surface area (Å²) in [5, 5.41) is 12.5. The lowest BCUT2D eigenvalue weighted by Gasteiger charge is -2.32. The van der Waals surface area contributed by atoms with Crippen molar-refractivity contribution in [2.24, 2.45) is 10.6 Å². The molecule has 0 aliphatic heterocycles. The van der Waals surface area contributed by atoms with Crippen LogP contribution >= 0.6 is 7.82 Å². The molecular weight excluding hydrogens is 465 g/mol. The number of rotatable bonds is 16. The average molecular weight is 510 g/mol. The summed E-state index contributed by atoms with van der Waals surface area (Å²) in [5.74, 6) is 0. The van der Waals surface area contributed by atoms with E-state index in [1.54, 1.807) is 6.21 Å². The minimum Gasteiger partial charge on any atom is -0.396 e. The predicted molar refractivity (Wildman–Crippen MR) is 143 cm³/mol. The Morgan fingerprint density at radius 2 is 1.74 bits per heavy atom. The predicted octanol–water partition coefficient (Wildman–Crippen LogP) is 6.82. The maximum atomic E-state index is 11.4. The Kier molecular flexibility index (Phi) is 15.0. The van der Waals surface area contributed by atoms with Crippen LogP contribution in [0.15, 0.2) is 63.9 Å². The van der Waals surface area contributed by atoms with E-state index in [1.807, 2.05) is 25.2 Å². The molecule has 0 bridgehead atoms. The number of aliphatic hydroxyl groups is 1. The summed E-state index contributed by atoms with van der Waals surface area (Å²) in [6.45, 7) is 11.0. The highest BCUT2D eigenvalue weighted by molar-refractivity contribution is 7.47. The van der Waals surface area contributed by atoms with E-state index in [9.17, 15) is 9.46 Å². The summed E-state index contributed by atoms with van der Waals surface area (Å²) < 4.78 is 20.7. The summed E-state index contributed by atoms with van der Waals surface area (Å²) in [6, 6.07) is 0. The molecule has 0 amide bonds. The number of nitrogens with zero attached hydrogens (tertiary/aromatic N) is 1. The molecular formula is C27H44NO6P. The van der Waals surface area contributed by atoms with Crippen molar-refractivity contribution in [3.05, 3.63) is 58.7 Å². The first-order valence-corrected chi connectivity index (χ1v) is 13.9. The van der Waals surface area contributed by atoms with Crippen LogP contribution in [0.25, 0.3) is 0 Å². The Bertz CT molecular complexity index is 867. The van der Waals surface area contributed by atoms with Gasteiger partial charge in [0.1, 0.15) is 6.61 Å². The van der Waals surface area contributed by atoms with Gasteiger partial charge in [0.05, 0.1) is 26.0 Å². The summed E-state index contributed by atoms with van der Waals surface area (Å²) >= 11 is 0. The van der Waals surface area contributed by atoms with Crippen LogP contribution in [0.2, 0.25) is 0 Å². The minimum atomic E-state index is -4.06. The minimum absolute atomic E-state index is 0.107. The number of hydrogen-bond donors (Lipinski definition) is 2. The van der Waals surface area contributed by atoms with Gasteiger partial charge in [-0.15, -0.1) is 0 Å². The van der Waals surface area contributed by atoms with Crippen molar-refractivity contribution in [3.8, 4) is 0 Å². The van der Waals surface area contributed by atoms with E-state index >= 15 is 0 Å². The van der Waals surface area contributed by atoms with Crippen molar-refractivity contribution in [1.82, 2.24) is 0 Å². The summed E-state index contributed by atoms with van der Waals surface area (Å²) in [5.41, 5.74) is 5.50. The molecule has 1 aliphatic carbocycles. The molecule has 0 saturated carbocycles. The van der Waals surface area contributed by atoms with Gasteiger partial charge >= 0.3 is 7.82 Å². The topological polar surface area (TPSA) is 97.6 Å². The molecule has 0 saturated heterocycles. The van der Waals surface area contributed by atoms with Crippen molar-refractivity contribution in [1.29, 1.82) is 0 Å². The van der Waals surface area contributed by atoms with Gasteiger partial charge in [-0.05, 0) is 81.9 Å². The molecule has 35 heavy (non-hydrogen) atoms. The molecule has 0 radical (unpaired) electrons. The quantitative estimate of drug-likeness (QED) is 0.0779. The number of hydrogen-bond acceptors (Lipinski definition) is 6. The zero-order valence-corrected chi connectivity index (χ0v) is 22.9. The fourth-order valence-electron chi connectivity index (χ4n) is 3.75. The van der Waals surface area contributed by atoms with E-state index in [1.165, 1.54) is 36.0 Å². The third-order valence-corrected chi connectivity index (χ3v) is 6.74. The van der Waals surface area contributed by atoms with E-state index in [4.69, 9.17) is 14.5 Å². The zero-order valence-electron chi connectivity index (χ0n) is 22.0. The molecule has 1 atom stereocenters. The monoisotopic (exact) mass is 509 g/mol. The molecule has 0 aromatic carbocycles. The van der Waals surface area contributed by atoms with E-state index in [2.05, 4.69) is 55.6 Å². The van der Waals surface area contributed by atoms with Crippen LogP contribution in [0.1, 0.15) is 73.1 Å². The fraction of sp³-hybridized carbons (Fsp3) is 0.593. The van der Waals surface area contributed by atoms with E-state index in [0.717, 1.165) is 18.4 Å². The van der Waals surface area contributed by atoms with Gasteiger partial charge in [-0.25, -0.2) is 4.57 Å². The highest BCUT2D eigenvalue weighted by Crippen LogP contribution is 2.43. The van der Waals surface area contributed by atoms with Crippen LogP contribution in [0.4, 0.5) is 0 Å². The highest BCUT2D eigenvalue weighted by Gasteiger charge is 2.26. The molecule has 0 aromatic heterocycles. The maximum absolute atomic E-state index is 11.4. The molecule has 0 heterocycles. The lowest BCUT2D eigenvalue weighted by molar-refractivity contribution is 0.118. The number of oxime groups is 1. The van der Waals surface area contributed by atoms with E-state index < -0.39 is 7.82 Å².